The molecule has 2 N–H and O–H groups in total. The molecule has 0 atom stereocenters. The van der Waals surface area contributed by atoms with E-state index in [0.29, 0.717) is 6.29 Å². The van der Waals surface area contributed by atoms with Crippen molar-refractivity contribution in [1.82, 2.24) is 0 Å². The molecule has 0 amide bonds. The van der Waals surface area contributed by atoms with Crippen LogP contribution in [0.4, 0.5) is 0 Å². The van der Waals surface area contributed by atoms with Crippen LogP contribution in [0, 0.1) is 0 Å². The van der Waals surface area contributed by atoms with Crippen molar-refractivity contribution in [1.29, 1.82) is 0 Å². The molecule has 0 aliphatic heterocycles. The molecule has 0 aromatic rings. The summed E-state index contributed by atoms with van der Waals surface area (Å²) in [6.07, 6.45) is 0.494. The lowest BCUT2D eigenvalue weighted by molar-refractivity contribution is -0.143. The summed E-state index contributed by atoms with van der Waals surface area (Å²) in [5, 5.41) is 0. The fourth-order valence-electron chi connectivity index (χ4n) is 0.186. The predicted molar refractivity (Wildman–Crippen MR) is 26.1 cm³/mol. The van der Waals surface area contributed by atoms with Gasteiger partial charge in [0.25, 0.3) is 0 Å². The van der Waals surface area contributed by atoms with Crippen LogP contribution in [-0.2, 0) is 14.3 Å². The van der Waals surface area contributed by atoms with Gasteiger partial charge in [0, 0.05) is 0 Å². The number of aldehydes is 1. The molecule has 8 heavy (non-hydrogen) atoms. The zero-order valence-electron chi connectivity index (χ0n) is 4.29. The fourth-order valence-corrected chi connectivity index (χ4v) is 0.186. The number of nitrogens with two attached hydrogens (primary N) is 1. The van der Waals surface area contributed by atoms with Gasteiger partial charge in [0.05, 0.1) is 6.54 Å². The van der Waals surface area contributed by atoms with Crippen LogP contribution in [-0.4, -0.2) is 25.4 Å². The summed E-state index contributed by atoms with van der Waals surface area (Å²) >= 11 is 0. The quantitative estimate of drug-likeness (QED) is 0.368. The highest BCUT2D eigenvalue weighted by molar-refractivity contribution is 5.72. The Hall–Kier alpha value is -0.900. The molecule has 46 valence electrons. The van der Waals surface area contributed by atoms with Crippen molar-refractivity contribution in [3.63, 3.8) is 0 Å². The van der Waals surface area contributed by atoms with Crippen molar-refractivity contribution in [3.8, 4) is 0 Å². The average Bonchev–Trinajstić information content (AvgIpc) is 1.83. The maximum absolute atomic E-state index is 10.1. The second-order valence-electron chi connectivity index (χ2n) is 1.05. The summed E-state index contributed by atoms with van der Waals surface area (Å²) in [7, 11) is 0. The van der Waals surface area contributed by atoms with Crippen molar-refractivity contribution in [2.75, 3.05) is 13.2 Å². The summed E-state index contributed by atoms with van der Waals surface area (Å²) in [5.74, 6) is -0.558. The summed E-state index contributed by atoms with van der Waals surface area (Å²) in [4.78, 5) is 19.6. The van der Waals surface area contributed by atoms with Gasteiger partial charge in [-0.2, -0.15) is 0 Å². The molecule has 0 aromatic carbocycles. The van der Waals surface area contributed by atoms with Crippen molar-refractivity contribution in [3.05, 3.63) is 0 Å². The minimum absolute atomic E-state index is 0.173. The van der Waals surface area contributed by atoms with Crippen LogP contribution in [0.5, 0.6) is 0 Å². The molecule has 0 aromatic heterocycles. The van der Waals surface area contributed by atoms with Crippen LogP contribution < -0.4 is 5.73 Å². The minimum atomic E-state index is -0.558. The first kappa shape index (κ1) is 7.10. The third kappa shape index (κ3) is 3.30. The first-order chi connectivity index (χ1) is 3.81. The van der Waals surface area contributed by atoms with Crippen LogP contribution >= 0.6 is 0 Å². The van der Waals surface area contributed by atoms with Crippen LogP contribution in [0.1, 0.15) is 0 Å². The lowest BCUT2D eigenvalue weighted by Gasteiger charge is -1.93. The van der Waals surface area contributed by atoms with Gasteiger partial charge in [0.2, 0.25) is 0 Å². The van der Waals surface area contributed by atoms with E-state index in [4.69, 9.17) is 5.73 Å². The number of carbonyl (C=O) groups excluding carboxylic acids is 2. The van der Waals surface area contributed by atoms with Crippen LogP contribution in [0.15, 0.2) is 0 Å². The number of hydrogen-bond acceptors (Lipinski definition) is 4. The average molecular weight is 117 g/mol. The number of carbonyl (C=O) groups is 2. The first-order valence-electron chi connectivity index (χ1n) is 2.10. The molecule has 0 saturated carbocycles. The number of hydrogen-bond donors (Lipinski definition) is 1. The Morgan fingerprint density at radius 3 is 2.75 bits per heavy atom. The first-order valence-corrected chi connectivity index (χ1v) is 2.10. The van der Waals surface area contributed by atoms with Gasteiger partial charge >= 0.3 is 5.97 Å². The van der Waals surface area contributed by atoms with Crippen LogP contribution in [0.3, 0.4) is 0 Å². The molecule has 4 heteroatoms. The van der Waals surface area contributed by atoms with Gasteiger partial charge < -0.3 is 10.5 Å². The molecule has 0 unspecified atom stereocenters. The van der Waals surface area contributed by atoms with Gasteiger partial charge in [0.1, 0.15) is 6.61 Å². The third-order valence-electron chi connectivity index (χ3n) is 0.479. The Balaban J connectivity index is 3.11. The highest BCUT2D eigenvalue weighted by atomic mass is 16.5. The lowest BCUT2D eigenvalue weighted by Crippen LogP contribution is -2.17. The topological polar surface area (TPSA) is 69.4 Å². The molecule has 4 nitrogen and oxygen atoms in total. The SMILES string of the molecule is NCC(=O)OCC=O. The van der Waals surface area contributed by atoms with Crippen molar-refractivity contribution >= 4 is 12.3 Å². The Bertz CT molecular complexity index is 91.3. The molecular weight excluding hydrogens is 110 g/mol. The largest absolute Gasteiger partial charge is 0.457 e. The van der Waals surface area contributed by atoms with E-state index in [1.54, 1.807) is 0 Å². The van der Waals surface area contributed by atoms with Crippen molar-refractivity contribution in [2.45, 2.75) is 0 Å². The predicted octanol–water partition coefficient (Wildman–Crippen LogP) is -1.31. The third-order valence-corrected chi connectivity index (χ3v) is 0.479. The van der Waals surface area contributed by atoms with Crippen molar-refractivity contribution < 1.29 is 14.3 Å². The van der Waals surface area contributed by atoms with Crippen molar-refractivity contribution in [2.24, 2.45) is 5.73 Å². The summed E-state index contributed by atoms with van der Waals surface area (Å²) in [6.45, 7) is -0.371. The molecular formula is C4H7NO3. The number of rotatable bonds is 3. The van der Waals surface area contributed by atoms with E-state index in [9.17, 15) is 9.59 Å². The lowest BCUT2D eigenvalue weighted by atomic mass is 10.7. The molecule has 0 aliphatic carbocycles. The molecule has 0 rings (SSSR count). The second kappa shape index (κ2) is 4.26. The van der Waals surface area contributed by atoms with E-state index >= 15 is 0 Å². The summed E-state index contributed by atoms with van der Waals surface area (Å²) in [6, 6.07) is 0. The Morgan fingerprint density at radius 1 is 1.75 bits per heavy atom. The molecule has 0 heterocycles. The normalized spacial score (nSPS) is 8.12. The summed E-state index contributed by atoms with van der Waals surface area (Å²) < 4.78 is 4.21. The fraction of sp³-hybridized carbons (Fsp3) is 0.500. The standard InChI is InChI=1S/C4H7NO3/c5-3-4(7)8-2-1-6/h1H,2-3,5H2. The highest BCUT2D eigenvalue weighted by Gasteiger charge is 1.93. The van der Waals surface area contributed by atoms with E-state index < -0.39 is 5.97 Å². The van der Waals surface area contributed by atoms with Gasteiger partial charge in [-0.1, -0.05) is 0 Å². The van der Waals surface area contributed by atoms with Gasteiger partial charge in [-0.25, -0.2) is 0 Å². The molecule has 0 spiro atoms. The molecule has 0 saturated heterocycles. The van der Waals surface area contributed by atoms with Gasteiger partial charge in [-0.05, 0) is 0 Å². The van der Waals surface area contributed by atoms with E-state index in [1.165, 1.54) is 0 Å². The van der Waals surface area contributed by atoms with E-state index in [1.807, 2.05) is 0 Å². The van der Waals surface area contributed by atoms with Crippen LogP contribution in [0.2, 0.25) is 0 Å². The smallest absolute Gasteiger partial charge is 0.320 e. The highest BCUT2D eigenvalue weighted by Crippen LogP contribution is 1.68. The Kier molecular flexibility index (Phi) is 3.78. The number of esters is 1. The maximum Gasteiger partial charge on any atom is 0.320 e. The molecule has 0 radical (unpaired) electrons. The molecule has 0 fully saturated rings. The minimum Gasteiger partial charge on any atom is -0.457 e. The zero-order chi connectivity index (χ0) is 6.41. The monoisotopic (exact) mass is 117 g/mol. The summed E-state index contributed by atoms with van der Waals surface area (Å²) in [5.41, 5.74) is 4.82. The van der Waals surface area contributed by atoms with E-state index in [0.717, 1.165) is 0 Å². The molecule has 0 bridgehead atoms. The maximum atomic E-state index is 10.1. The van der Waals surface area contributed by atoms with E-state index in [2.05, 4.69) is 4.74 Å². The van der Waals surface area contributed by atoms with Gasteiger partial charge in [0.15, 0.2) is 6.29 Å². The Labute approximate surface area is 46.6 Å². The second-order valence-corrected chi connectivity index (χ2v) is 1.05. The molecule has 0 aliphatic rings. The van der Waals surface area contributed by atoms with E-state index in [-0.39, 0.29) is 13.2 Å². The zero-order valence-corrected chi connectivity index (χ0v) is 4.29. The number of ether oxygens (including phenoxy) is 1. The Morgan fingerprint density at radius 2 is 2.38 bits per heavy atom. The van der Waals surface area contributed by atoms with Gasteiger partial charge in [-0.3, -0.25) is 9.59 Å². The van der Waals surface area contributed by atoms with Gasteiger partial charge in [-0.15, -0.1) is 0 Å². The van der Waals surface area contributed by atoms with Crippen LogP contribution in [0.25, 0.3) is 0 Å².